The van der Waals surface area contributed by atoms with E-state index in [0.717, 1.165) is 16.0 Å². The molecular formula is C16H20N2O2S. The summed E-state index contributed by atoms with van der Waals surface area (Å²) in [7, 11) is 0. The number of hydrazine groups is 1. The molecule has 0 aliphatic heterocycles. The summed E-state index contributed by atoms with van der Waals surface area (Å²) in [6.07, 6.45) is 0. The van der Waals surface area contributed by atoms with Gasteiger partial charge in [-0.1, -0.05) is 18.2 Å². The predicted octanol–water partition coefficient (Wildman–Crippen LogP) is 3.80. The number of nitrogens with one attached hydrogen (secondary N) is 1. The van der Waals surface area contributed by atoms with Crippen molar-refractivity contribution in [3.63, 3.8) is 0 Å². The number of nitrogens with two attached hydrogens (primary N) is 1. The largest absolute Gasteiger partial charge is 0.462 e. The van der Waals surface area contributed by atoms with Gasteiger partial charge in [-0.05, 0) is 44.4 Å². The molecule has 4 nitrogen and oxygen atoms in total. The highest BCUT2D eigenvalue weighted by molar-refractivity contribution is 7.17. The normalized spacial score (nSPS) is 10.5. The fourth-order valence-electron chi connectivity index (χ4n) is 2.29. The molecule has 112 valence electrons. The molecule has 0 unspecified atom stereocenters. The molecule has 1 heterocycles. The minimum absolute atomic E-state index is 0.337. The molecule has 0 amide bonds. The zero-order chi connectivity index (χ0) is 15.6. The lowest BCUT2D eigenvalue weighted by Gasteiger charge is -2.09. The highest BCUT2D eigenvalue weighted by Crippen LogP contribution is 2.40. The summed E-state index contributed by atoms with van der Waals surface area (Å²) in [6.45, 7) is 8.25. The Labute approximate surface area is 128 Å². The number of nitrogen functional groups attached to an aromatic ring is 1. The van der Waals surface area contributed by atoms with Gasteiger partial charge in [0, 0.05) is 10.4 Å². The summed E-state index contributed by atoms with van der Waals surface area (Å²) in [5.41, 5.74) is 7.45. The first-order valence-corrected chi connectivity index (χ1v) is 7.66. The number of hydrogen-bond donors (Lipinski definition) is 2. The first kappa shape index (κ1) is 15.5. The summed E-state index contributed by atoms with van der Waals surface area (Å²) in [4.78, 5) is 13.3. The number of carbonyl (C=O) groups excluding carboxylic acids is 1. The zero-order valence-corrected chi connectivity index (χ0v) is 13.6. The number of rotatable bonds is 4. The van der Waals surface area contributed by atoms with Crippen LogP contribution in [0.2, 0.25) is 0 Å². The maximum atomic E-state index is 12.3. The van der Waals surface area contributed by atoms with E-state index in [2.05, 4.69) is 31.4 Å². The summed E-state index contributed by atoms with van der Waals surface area (Å²) < 4.78 is 5.17. The SMILES string of the molecule is CCOC(=O)c1c(NN)sc(C)c1-c1ccc(C)c(C)c1. The molecule has 21 heavy (non-hydrogen) atoms. The number of anilines is 1. The van der Waals surface area contributed by atoms with Crippen LogP contribution in [0.4, 0.5) is 5.00 Å². The Morgan fingerprint density at radius 2 is 2.00 bits per heavy atom. The van der Waals surface area contributed by atoms with Crippen LogP contribution >= 0.6 is 11.3 Å². The molecule has 0 saturated heterocycles. The lowest BCUT2D eigenvalue weighted by atomic mass is 9.97. The Balaban J connectivity index is 2.64. The second-order valence-corrected chi connectivity index (χ2v) is 6.13. The second kappa shape index (κ2) is 6.28. The molecule has 5 heteroatoms. The Kier molecular flexibility index (Phi) is 4.65. The smallest absolute Gasteiger partial charge is 0.341 e. The van der Waals surface area contributed by atoms with Gasteiger partial charge < -0.3 is 10.2 Å². The van der Waals surface area contributed by atoms with Crippen molar-refractivity contribution >= 4 is 22.3 Å². The van der Waals surface area contributed by atoms with E-state index in [0.29, 0.717) is 17.2 Å². The molecule has 0 spiro atoms. The van der Waals surface area contributed by atoms with Gasteiger partial charge in [-0.15, -0.1) is 11.3 Å². The molecule has 3 N–H and O–H groups in total. The van der Waals surface area contributed by atoms with Crippen molar-refractivity contribution < 1.29 is 9.53 Å². The van der Waals surface area contributed by atoms with Crippen LogP contribution in [-0.4, -0.2) is 12.6 Å². The lowest BCUT2D eigenvalue weighted by molar-refractivity contribution is 0.0529. The van der Waals surface area contributed by atoms with E-state index in [9.17, 15) is 4.79 Å². The first-order valence-electron chi connectivity index (χ1n) is 6.84. The summed E-state index contributed by atoms with van der Waals surface area (Å²) in [5.74, 6) is 5.21. The van der Waals surface area contributed by atoms with Crippen molar-refractivity contribution in [3.05, 3.63) is 39.8 Å². The van der Waals surface area contributed by atoms with Gasteiger partial charge in [0.1, 0.15) is 10.6 Å². The van der Waals surface area contributed by atoms with Gasteiger partial charge in [0.25, 0.3) is 0 Å². The number of aryl methyl sites for hydroxylation is 3. The van der Waals surface area contributed by atoms with E-state index < -0.39 is 0 Å². The molecule has 0 saturated carbocycles. The van der Waals surface area contributed by atoms with E-state index in [1.807, 2.05) is 13.0 Å². The van der Waals surface area contributed by atoms with Gasteiger partial charge in [-0.25, -0.2) is 10.6 Å². The Bertz CT molecular complexity index is 677. The maximum absolute atomic E-state index is 12.3. The molecule has 0 radical (unpaired) electrons. The van der Waals surface area contributed by atoms with E-state index in [-0.39, 0.29) is 5.97 Å². The fraction of sp³-hybridized carbons (Fsp3) is 0.312. The quantitative estimate of drug-likeness (QED) is 0.512. The van der Waals surface area contributed by atoms with Crippen LogP contribution in [0, 0.1) is 20.8 Å². The van der Waals surface area contributed by atoms with Crippen molar-refractivity contribution in [2.45, 2.75) is 27.7 Å². The Morgan fingerprint density at radius 1 is 1.29 bits per heavy atom. The number of esters is 1. The molecule has 0 fully saturated rings. The van der Waals surface area contributed by atoms with Crippen LogP contribution < -0.4 is 11.3 Å². The van der Waals surface area contributed by atoms with Crippen molar-refractivity contribution in [3.8, 4) is 11.1 Å². The zero-order valence-electron chi connectivity index (χ0n) is 12.7. The number of benzene rings is 1. The van der Waals surface area contributed by atoms with Crippen molar-refractivity contribution in [1.29, 1.82) is 0 Å². The molecule has 0 bridgehead atoms. The molecule has 2 rings (SSSR count). The minimum Gasteiger partial charge on any atom is -0.462 e. The van der Waals surface area contributed by atoms with Crippen molar-refractivity contribution in [1.82, 2.24) is 0 Å². The second-order valence-electron chi connectivity index (χ2n) is 4.90. The van der Waals surface area contributed by atoms with Crippen LogP contribution in [0.3, 0.4) is 0 Å². The maximum Gasteiger partial charge on any atom is 0.341 e. The molecule has 1 aromatic carbocycles. The van der Waals surface area contributed by atoms with Crippen molar-refractivity contribution in [2.75, 3.05) is 12.0 Å². The molecule has 0 aliphatic carbocycles. The third-order valence-electron chi connectivity index (χ3n) is 3.49. The van der Waals surface area contributed by atoms with Gasteiger partial charge in [-0.3, -0.25) is 0 Å². The highest BCUT2D eigenvalue weighted by atomic mass is 32.1. The molecular weight excluding hydrogens is 284 g/mol. The standard InChI is InChI=1S/C16H20N2O2S/c1-5-20-16(19)14-13(11(4)21-15(14)18-17)12-7-6-9(2)10(3)8-12/h6-8,18H,5,17H2,1-4H3. The minimum atomic E-state index is -0.344. The predicted molar refractivity (Wildman–Crippen MR) is 87.7 cm³/mol. The number of thiophene rings is 1. The van der Waals surface area contributed by atoms with Crippen molar-refractivity contribution in [2.24, 2.45) is 5.84 Å². The third-order valence-corrected chi connectivity index (χ3v) is 4.53. The van der Waals surface area contributed by atoms with E-state index in [1.54, 1.807) is 6.92 Å². The van der Waals surface area contributed by atoms with Gasteiger partial charge in [0.05, 0.1) is 6.61 Å². The average Bonchev–Trinajstić information content (AvgIpc) is 2.79. The van der Waals surface area contributed by atoms with Crippen LogP contribution in [0.15, 0.2) is 18.2 Å². The topological polar surface area (TPSA) is 64.3 Å². The Hall–Kier alpha value is -1.85. The van der Waals surface area contributed by atoms with Gasteiger partial charge in [-0.2, -0.15) is 0 Å². The first-order chi connectivity index (χ1) is 9.99. The monoisotopic (exact) mass is 304 g/mol. The molecule has 1 aromatic heterocycles. The lowest BCUT2D eigenvalue weighted by Crippen LogP contribution is -2.12. The van der Waals surface area contributed by atoms with Gasteiger partial charge >= 0.3 is 5.97 Å². The average molecular weight is 304 g/mol. The Morgan fingerprint density at radius 3 is 2.57 bits per heavy atom. The number of ether oxygens (including phenoxy) is 1. The summed E-state index contributed by atoms with van der Waals surface area (Å²) in [6, 6.07) is 6.18. The van der Waals surface area contributed by atoms with E-state index in [1.165, 1.54) is 22.5 Å². The molecule has 2 aromatic rings. The fourth-order valence-corrected chi connectivity index (χ4v) is 3.26. The van der Waals surface area contributed by atoms with E-state index >= 15 is 0 Å². The number of carbonyl (C=O) groups is 1. The van der Waals surface area contributed by atoms with Gasteiger partial charge in [0.2, 0.25) is 0 Å². The highest BCUT2D eigenvalue weighted by Gasteiger charge is 2.24. The van der Waals surface area contributed by atoms with Crippen LogP contribution in [-0.2, 0) is 4.74 Å². The van der Waals surface area contributed by atoms with Gasteiger partial charge in [0.15, 0.2) is 0 Å². The van der Waals surface area contributed by atoms with Crippen LogP contribution in [0.1, 0.15) is 33.3 Å². The third kappa shape index (κ3) is 2.94. The number of hydrogen-bond acceptors (Lipinski definition) is 5. The molecule has 0 atom stereocenters. The van der Waals surface area contributed by atoms with E-state index in [4.69, 9.17) is 10.6 Å². The summed E-state index contributed by atoms with van der Waals surface area (Å²) >= 11 is 1.46. The molecule has 0 aliphatic rings. The summed E-state index contributed by atoms with van der Waals surface area (Å²) in [5, 5.41) is 0.638. The van der Waals surface area contributed by atoms with Crippen LogP contribution in [0.25, 0.3) is 11.1 Å². The van der Waals surface area contributed by atoms with Crippen LogP contribution in [0.5, 0.6) is 0 Å².